The number of aryl methyl sites for hydroxylation is 1. The number of hydrogen-bond donors (Lipinski definition) is 0. The van der Waals surface area contributed by atoms with Crippen molar-refractivity contribution in [3.8, 4) is 5.75 Å². The third kappa shape index (κ3) is 3.68. The van der Waals surface area contributed by atoms with Gasteiger partial charge in [-0.25, -0.2) is 18.4 Å². The smallest absolute Gasteiger partial charge is 0.265 e. The van der Waals surface area contributed by atoms with Crippen LogP contribution in [-0.4, -0.2) is 18.4 Å². The second kappa shape index (κ2) is 6.07. The fraction of sp³-hybridized carbons (Fsp3) is 0.167. The predicted octanol–water partition coefficient (Wildman–Crippen LogP) is 3.05. The van der Waals surface area contributed by atoms with Gasteiger partial charge in [0.05, 0.1) is 0 Å². The zero-order valence-corrected chi connectivity index (χ0v) is 13.5. The van der Waals surface area contributed by atoms with Crippen molar-refractivity contribution in [3.63, 3.8) is 0 Å². The van der Waals surface area contributed by atoms with E-state index in [9.17, 15) is 8.42 Å². The number of aromatic nitrogens is 2. The van der Waals surface area contributed by atoms with E-state index in [1.54, 1.807) is 31.5 Å². The van der Waals surface area contributed by atoms with Gasteiger partial charge in [-0.1, -0.05) is 15.9 Å². The first-order valence-corrected chi connectivity index (χ1v) is 8.61. The molecule has 0 spiro atoms. The van der Waals surface area contributed by atoms with Crippen LogP contribution in [0.25, 0.3) is 0 Å². The largest absolute Gasteiger partial charge is 0.484 e. The van der Waals surface area contributed by atoms with Gasteiger partial charge in [-0.15, -0.1) is 0 Å². The van der Waals surface area contributed by atoms with Gasteiger partial charge in [-0.3, -0.25) is 0 Å². The Labute approximate surface area is 129 Å². The molecule has 2 rings (SSSR count). The number of rotatable bonds is 4. The van der Waals surface area contributed by atoms with Crippen molar-refractivity contribution in [2.45, 2.75) is 18.4 Å². The second-order valence-corrected chi connectivity index (χ2v) is 7.39. The molecule has 0 radical (unpaired) electrons. The highest BCUT2D eigenvalue weighted by Crippen LogP contribution is 2.34. The van der Waals surface area contributed by atoms with Crippen LogP contribution in [0.2, 0.25) is 0 Å². The quantitative estimate of drug-likeness (QED) is 0.766. The van der Waals surface area contributed by atoms with Gasteiger partial charge in [0.1, 0.15) is 17.3 Å². The monoisotopic (exact) mass is 376 g/mol. The molecule has 0 N–H and O–H groups in total. The van der Waals surface area contributed by atoms with Crippen LogP contribution < -0.4 is 4.74 Å². The summed E-state index contributed by atoms with van der Waals surface area (Å²) in [5.74, 6) is 0.656. The van der Waals surface area contributed by atoms with Crippen molar-refractivity contribution < 1.29 is 13.2 Å². The van der Waals surface area contributed by atoms with Gasteiger partial charge in [0, 0.05) is 27.5 Å². The van der Waals surface area contributed by atoms with Gasteiger partial charge in [0.25, 0.3) is 9.05 Å². The Hall–Kier alpha value is -1.18. The Balaban J connectivity index is 2.36. The SMILES string of the molecule is Cc1cc(Br)cc(S(=O)(=O)Cl)c1OCc1ncccn1. The summed E-state index contributed by atoms with van der Waals surface area (Å²) in [6.07, 6.45) is 3.17. The average molecular weight is 378 g/mol. The van der Waals surface area contributed by atoms with Gasteiger partial charge >= 0.3 is 0 Å². The topological polar surface area (TPSA) is 69.2 Å². The number of benzene rings is 1. The minimum atomic E-state index is -3.91. The van der Waals surface area contributed by atoms with E-state index in [1.165, 1.54) is 6.07 Å². The fourth-order valence-electron chi connectivity index (χ4n) is 1.61. The summed E-state index contributed by atoms with van der Waals surface area (Å²) in [6.45, 7) is 1.79. The first kappa shape index (κ1) is 15.2. The normalized spacial score (nSPS) is 11.3. The van der Waals surface area contributed by atoms with Crippen LogP contribution >= 0.6 is 26.6 Å². The lowest BCUT2D eigenvalue weighted by Crippen LogP contribution is -2.05. The summed E-state index contributed by atoms with van der Waals surface area (Å²) >= 11 is 3.23. The minimum Gasteiger partial charge on any atom is -0.484 e. The maximum atomic E-state index is 11.6. The Morgan fingerprint density at radius 1 is 1.30 bits per heavy atom. The summed E-state index contributed by atoms with van der Waals surface area (Å²) in [7, 11) is 1.52. The van der Waals surface area contributed by atoms with Crippen molar-refractivity contribution >= 4 is 35.7 Å². The maximum Gasteiger partial charge on any atom is 0.265 e. The second-order valence-electron chi connectivity index (χ2n) is 3.94. The molecule has 1 heterocycles. The van der Waals surface area contributed by atoms with E-state index in [1.807, 2.05) is 0 Å². The summed E-state index contributed by atoms with van der Waals surface area (Å²) in [4.78, 5) is 7.93. The number of hydrogen-bond acceptors (Lipinski definition) is 5. The Morgan fingerprint density at radius 2 is 1.95 bits per heavy atom. The molecule has 1 aromatic carbocycles. The van der Waals surface area contributed by atoms with E-state index in [2.05, 4.69) is 25.9 Å². The van der Waals surface area contributed by atoms with Crippen molar-refractivity contribution in [3.05, 3.63) is 46.5 Å². The number of halogens is 2. The molecule has 2 aromatic rings. The van der Waals surface area contributed by atoms with Crippen LogP contribution in [0.3, 0.4) is 0 Å². The Kier molecular flexibility index (Phi) is 4.62. The first-order valence-electron chi connectivity index (χ1n) is 5.51. The molecule has 0 aliphatic heterocycles. The van der Waals surface area contributed by atoms with E-state index in [4.69, 9.17) is 15.4 Å². The lowest BCUT2D eigenvalue weighted by molar-refractivity contribution is 0.286. The lowest BCUT2D eigenvalue weighted by Gasteiger charge is -2.12. The molecule has 106 valence electrons. The standard InChI is InChI=1S/C12H10BrClN2O3S/c1-8-5-9(13)6-10(20(14,17)18)12(8)19-7-11-15-3-2-4-16-11/h2-6H,7H2,1H3. The summed E-state index contributed by atoms with van der Waals surface area (Å²) in [6, 6.07) is 4.83. The van der Waals surface area contributed by atoms with Crippen LogP contribution in [0.5, 0.6) is 5.75 Å². The molecule has 0 bridgehead atoms. The van der Waals surface area contributed by atoms with Crippen LogP contribution in [0.15, 0.2) is 40.0 Å². The molecule has 0 amide bonds. The number of ether oxygens (including phenoxy) is 1. The average Bonchev–Trinajstić information content (AvgIpc) is 2.37. The molecule has 0 saturated carbocycles. The van der Waals surface area contributed by atoms with Crippen LogP contribution in [0.4, 0.5) is 0 Å². The van der Waals surface area contributed by atoms with Gasteiger partial charge in [0.15, 0.2) is 5.82 Å². The molecule has 0 unspecified atom stereocenters. The van der Waals surface area contributed by atoms with E-state index in [-0.39, 0.29) is 17.3 Å². The molecule has 0 atom stereocenters. The zero-order valence-electron chi connectivity index (χ0n) is 10.4. The highest BCUT2D eigenvalue weighted by atomic mass is 79.9. The molecule has 5 nitrogen and oxygen atoms in total. The van der Waals surface area contributed by atoms with Crippen LogP contribution in [0.1, 0.15) is 11.4 Å². The van der Waals surface area contributed by atoms with Gasteiger partial charge < -0.3 is 4.74 Å². The zero-order chi connectivity index (χ0) is 14.8. The van der Waals surface area contributed by atoms with Crippen molar-refractivity contribution in [2.24, 2.45) is 0 Å². The van der Waals surface area contributed by atoms with E-state index < -0.39 is 9.05 Å². The van der Waals surface area contributed by atoms with Crippen molar-refractivity contribution in [1.29, 1.82) is 0 Å². The summed E-state index contributed by atoms with van der Waals surface area (Å²) < 4.78 is 29.3. The highest BCUT2D eigenvalue weighted by Gasteiger charge is 2.20. The van der Waals surface area contributed by atoms with Gasteiger partial charge in [-0.2, -0.15) is 0 Å². The Bertz CT molecular complexity index is 723. The molecule has 0 fully saturated rings. The molecule has 0 saturated heterocycles. The molecule has 1 aromatic heterocycles. The summed E-state index contributed by atoms with van der Waals surface area (Å²) in [5, 5.41) is 0. The number of nitrogens with zero attached hydrogens (tertiary/aromatic N) is 2. The fourth-order valence-corrected chi connectivity index (χ4v) is 3.38. The van der Waals surface area contributed by atoms with Crippen molar-refractivity contribution in [1.82, 2.24) is 9.97 Å². The Morgan fingerprint density at radius 3 is 2.55 bits per heavy atom. The minimum absolute atomic E-state index is 0.0583. The van der Waals surface area contributed by atoms with Crippen LogP contribution in [0, 0.1) is 6.92 Å². The lowest BCUT2D eigenvalue weighted by atomic mass is 10.2. The van der Waals surface area contributed by atoms with Gasteiger partial charge in [-0.05, 0) is 30.7 Å². The van der Waals surface area contributed by atoms with Gasteiger partial charge in [0.2, 0.25) is 0 Å². The predicted molar refractivity (Wildman–Crippen MR) is 78.3 cm³/mol. The third-order valence-corrected chi connectivity index (χ3v) is 4.22. The molecule has 0 aliphatic rings. The summed E-state index contributed by atoms with van der Waals surface area (Å²) in [5.41, 5.74) is 0.648. The molecule has 0 aliphatic carbocycles. The van der Waals surface area contributed by atoms with Crippen LogP contribution in [-0.2, 0) is 15.7 Å². The molecular formula is C12H10BrClN2O3S. The molecule has 8 heteroatoms. The van der Waals surface area contributed by atoms with Crippen molar-refractivity contribution in [2.75, 3.05) is 0 Å². The maximum absolute atomic E-state index is 11.6. The molecule has 20 heavy (non-hydrogen) atoms. The van der Waals surface area contributed by atoms with E-state index >= 15 is 0 Å². The van der Waals surface area contributed by atoms with E-state index in [0.717, 1.165) is 0 Å². The highest BCUT2D eigenvalue weighted by molar-refractivity contribution is 9.10. The third-order valence-electron chi connectivity index (χ3n) is 2.43. The van der Waals surface area contributed by atoms with E-state index in [0.29, 0.717) is 15.9 Å². The first-order chi connectivity index (χ1) is 9.38. The molecular weight excluding hydrogens is 368 g/mol.